The number of rotatable bonds is 8. The van der Waals surface area contributed by atoms with Crippen LogP contribution in [0.3, 0.4) is 0 Å². The second kappa shape index (κ2) is 11.3. The Kier molecular flexibility index (Phi) is 7.70. The minimum Gasteiger partial charge on any atom is -0.389 e. The Morgan fingerprint density at radius 2 is 1.90 bits per heavy atom. The largest absolute Gasteiger partial charge is 0.389 e. The van der Waals surface area contributed by atoms with E-state index >= 15 is 4.39 Å². The lowest BCUT2D eigenvalue weighted by Gasteiger charge is -2.40. The monoisotopic (exact) mass is 598 g/mol. The number of amides is 1. The maximum absolute atomic E-state index is 15.1. The first-order valence-electron chi connectivity index (χ1n) is 14.0. The molecule has 1 atom stereocenters. The summed E-state index contributed by atoms with van der Waals surface area (Å²) in [4.78, 5) is 30.9. The Labute approximate surface area is 246 Å². The Morgan fingerprint density at radius 3 is 2.61 bits per heavy atom. The van der Waals surface area contributed by atoms with Gasteiger partial charge in [-0.1, -0.05) is 59.4 Å². The van der Waals surface area contributed by atoms with Gasteiger partial charge in [0.15, 0.2) is 10.9 Å². The zero-order chi connectivity index (χ0) is 28.8. The van der Waals surface area contributed by atoms with E-state index in [1.165, 1.54) is 0 Å². The van der Waals surface area contributed by atoms with E-state index in [2.05, 4.69) is 21.7 Å². The van der Waals surface area contributed by atoms with Gasteiger partial charge in [-0.05, 0) is 33.2 Å². The van der Waals surface area contributed by atoms with Crippen molar-refractivity contribution >= 4 is 49.6 Å². The van der Waals surface area contributed by atoms with Crippen molar-refractivity contribution in [2.45, 2.75) is 45.3 Å². The standard InChI is InChI=1S/C28H35FN8O2S2/c1-5-21-25(34(4)26-31-23(24(29)40-26)18-10-8-17(2)9-11-18)37-27(30-21)41-28(32-37)35-12-6-7-19(13-35)33(3)16-22(39)36-14-20(38)15-36/h8-11,19-20,38H,5-7,12-16H2,1-4H3. The molecule has 0 spiro atoms. The third kappa shape index (κ3) is 5.43. The molecule has 41 heavy (non-hydrogen) atoms. The third-order valence-electron chi connectivity index (χ3n) is 7.97. The van der Waals surface area contributed by atoms with Crippen molar-refractivity contribution in [3.63, 3.8) is 0 Å². The molecule has 4 aromatic rings. The van der Waals surface area contributed by atoms with Crippen molar-refractivity contribution < 1.29 is 14.3 Å². The molecule has 218 valence electrons. The molecule has 1 aromatic carbocycles. The number of likely N-dealkylation sites (N-methyl/N-ethyl adjacent to an activating group) is 1. The molecule has 5 heterocycles. The van der Waals surface area contributed by atoms with Crippen LogP contribution in [0.25, 0.3) is 16.2 Å². The smallest absolute Gasteiger partial charge is 0.236 e. The molecular weight excluding hydrogens is 563 g/mol. The van der Waals surface area contributed by atoms with Gasteiger partial charge in [-0.3, -0.25) is 9.69 Å². The molecule has 2 aliphatic rings. The number of fused-ring (bicyclic) bond motifs is 1. The normalized spacial score (nSPS) is 18.0. The number of anilines is 3. The second-order valence-corrected chi connectivity index (χ2v) is 12.8. The lowest BCUT2D eigenvalue weighted by Crippen LogP contribution is -2.57. The van der Waals surface area contributed by atoms with E-state index in [0.29, 0.717) is 36.9 Å². The Hall–Kier alpha value is -3.13. The number of thiazole rings is 1. The predicted molar refractivity (Wildman–Crippen MR) is 161 cm³/mol. The molecule has 2 saturated heterocycles. The molecule has 0 radical (unpaired) electrons. The minimum absolute atomic E-state index is 0.0616. The van der Waals surface area contributed by atoms with Crippen molar-refractivity contribution in [1.29, 1.82) is 0 Å². The summed E-state index contributed by atoms with van der Waals surface area (Å²) in [6.45, 7) is 6.92. The number of aliphatic hydroxyl groups excluding tert-OH is 1. The lowest BCUT2D eigenvalue weighted by atomic mass is 10.0. The van der Waals surface area contributed by atoms with Crippen LogP contribution < -0.4 is 9.80 Å². The number of aryl methyl sites for hydroxylation is 2. The van der Waals surface area contributed by atoms with E-state index in [9.17, 15) is 9.90 Å². The zero-order valence-corrected chi connectivity index (χ0v) is 25.4. The van der Waals surface area contributed by atoms with E-state index in [-0.39, 0.29) is 23.2 Å². The lowest BCUT2D eigenvalue weighted by molar-refractivity contribution is -0.142. The van der Waals surface area contributed by atoms with Gasteiger partial charge >= 0.3 is 0 Å². The summed E-state index contributed by atoms with van der Waals surface area (Å²) in [5.74, 6) is 0.855. The minimum atomic E-state index is -0.389. The average molecular weight is 599 g/mol. The topological polar surface area (TPSA) is 93.3 Å². The quantitative estimate of drug-likeness (QED) is 0.328. The summed E-state index contributed by atoms with van der Waals surface area (Å²) in [6.07, 6.45) is 2.33. The fourth-order valence-electron chi connectivity index (χ4n) is 5.47. The number of likely N-dealkylation sites (tertiary alicyclic amines) is 1. The number of imidazole rings is 1. The number of benzene rings is 1. The summed E-state index contributed by atoms with van der Waals surface area (Å²) in [5, 5.41) is 15.6. The third-order valence-corrected chi connectivity index (χ3v) is 9.86. The van der Waals surface area contributed by atoms with Crippen LogP contribution in [0.2, 0.25) is 0 Å². The van der Waals surface area contributed by atoms with E-state index in [0.717, 1.165) is 70.0 Å². The van der Waals surface area contributed by atoms with E-state index in [1.807, 2.05) is 54.7 Å². The maximum atomic E-state index is 15.1. The molecule has 0 aliphatic carbocycles. The molecule has 1 amide bonds. The molecular formula is C28H35FN8O2S2. The molecule has 2 fully saturated rings. The van der Waals surface area contributed by atoms with Crippen LogP contribution >= 0.6 is 22.7 Å². The number of aromatic nitrogens is 4. The fraction of sp³-hybridized carbons (Fsp3) is 0.500. The first-order chi connectivity index (χ1) is 19.7. The molecule has 0 bridgehead atoms. The summed E-state index contributed by atoms with van der Waals surface area (Å²) in [6, 6.07) is 7.94. The van der Waals surface area contributed by atoms with Crippen molar-refractivity contribution in [3.05, 3.63) is 40.7 Å². The van der Waals surface area contributed by atoms with Gasteiger partial charge in [-0.25, -0.2) is 9.97 Å². The van der Waals surface area contributed by atoms with Gasteiger partial charge in [-0.15, -0.1) is 5.10 Å². The summed E-state index contributed by atoms with van der Waals surface area (Å²) in [7, 11) is 3.88. The average Bonchev–Trinajstić information content (AvgIpc) is 3.63. The first-order valence-corrected chi connectivity index (χ1v) is 15.6. The number of carbonyl (C=O) groups excluding carboxylic acids is 1. The van der Waals surface area contributed by atoms with E-state index in [4.69, 9.17) is 10.1 Å². The number of aliphatic hydroxyl groups is 1. The summed E-state index contributed by atoms with van der Waals surface area (Å²) in [5.41, 5.74) is 3.10. The molecule has 0 saturated carbocycles. The molecule has 3 aromatic heterocycles. The van der Waals surface area contributed by atoms with Crippen LogP contribution in [0.4, 0.5) is 20.5 Å². The fourth-order valence-corrected chi connectivity index (χ4v) is 7.21. The Bertz CT molecular complexity index is 1540. The van der Waals surface area contributed by atoms with Crippen LogP contribution in [0.15, 0.2) is 24.3 Å². The summed E-state index contributed by atoms with van der Waals surface area (Å²) < 4.78 is 16.9. The SMILES string of the molecule is CCc1nc2sc(N3CCCC(N(C)CC(=O)N4CC(O)C4)C3)nn2c1N(C)c1nc(-c2ccc(C)cc2)c(F)s1. The van der Waals surface area contributed by atoms with E-state index in [1.54, 1.807) is 16.2 Å². The molecule has 6 rings (SSSR count). The molecule has 1 N–H and O–H groups in total. The van der Waals surface area contributed by atoms with Crippen molar-refractivity contribution in [2.75, 3.05) is 56.6 Å². The molecule has 13 heteroatoms. The highest BCUT2D eigenvalue weighted by molar-refractivity contribution is 7.20. The van der Waals surface area contributed by atoms with Gasteiger partial charge < -0.3 is 19.8 Å². The molecule has 10 nitrogen and oxygen atoms in total. The van der Waals surface area contributed by atoms with Crippen LogP contribution in [0.5, 0.6) is 0 Å². The van der Waals surface area contributed by atoms with E-state index < -0.39 is 0 Å². The van der Waals surface area contributed by atoms with Gasteiger partial charge in [0.2, 0.25) is 21.1 Å². The Morgan fingerprint density at radius 1 is 1.15 bits per heavy atom. The van der Waals surface area contributed by atoms with Gasteiger partial charge in [-0.2, -0.15) is 8.91 Å². The van der Waals surface area contributed by atoms with Crippen LogP contribution in [0.1, 0.15) is 31.0 Å². The van der Waals surface area contributed by atoms with Crippen LogP contribution in [-0.2, 0) is 11.2 Å². The molecule has 2 aliphatic heterocycles. The van der Waals surface area contributed by atoms with Crippen molar-refractivity contribution in [1.82, 2.24) is 29.4 Å². The maximum Gasteiger partial charge on any atom is 0.236 e. The predicted octanol–water partition coefficient (Wildman–Crippen LogP) is 3.80. The summed E-state index contributed by atoms with van der Waals surface area (Å²) >= 11 is 2.57. The number of piperidine rings is 1. The highest BCUT2D eigenvalue weighted by Crippen LogP contribution is 2.38. The highest BCUT2D eigenvalue weighted by Gasteiger charge is 2.32. The number of hydrogen-bond donors (Lipinski definition) is 1. The Balaban J connectivity index is 1.22. The van der Waals surface area contributed by atoms with Gasteiger partial charge in [0.1, 0.15) is 5.69 Å². The number of carbonyl (C=O) groups is 1. The van der Waals surface area contributed by atoms with Crippen LogP contribution in [-0.4, -0.2) is 99.4 Å². The van der Waals surface area contributed by atoms with Gasteiger partial charge in [0.25, 0.3) is 0 Å². The highest BCUT2D eigenvalue weighted by atomic mass is 32.1. The van der Waals surface area contributed by atoms with Crippen molar-refractivity contribution in [2.24, 2.45) is 0 Å². The number of β-amino-alcohol motifs (C(OH)–C–C–N with tert-alkyl or cyclic N) is 1. The van der Waals surface area contributed by atoms with Crippen LogP contribution in [0, 0.1) is 12.1 Å². The first kappa shape index (κ1) is 28.0. The number of halogens is 1. The molecule has 1 unspecified atom stereocenters. The second-order valence-electron chi connectivity index (χ2n) is 11.0. The van der Waals surface area contributed by atoms with Gasteiger partial charge in [0, 0.05) is 44.8 Å². The zero-order valence-electron chi connectivity index (χ0n) is 23.7. The van der Waals surface area contributed by atoms with Gasteiger partial charge in [0.05, 0.1) is 18.3 Å². The van der Waals surface area contributed by atoms with Crippen molar-refractivity contribution in [3.8, 4) is 11.3 Å². The number of hydrogen-bond acceptors (Lipinski definition) is 10. The number of nitrogens with zero attached hydrogens (tertiary/aromatic N) is 8.